The molecule has 16 heavy (non-hydrogen) atoms. The number of primary amides is 1. The van der Waals surface area contributed by atoms with E-state index >= 15 is 0 Å². The maximum absolute atomic E-state index is 11.1. The van der Waals surface area contributed by atoms with Crippen LogP contribution in [0.25, 0.3) is 0 Å². The molecule has 0 aliphatic carbocycles. The molecule has 1 aromatic rings. The van der Waals surface area contributed by atoms with E-state index in [4.69, 9.17) is 5.73 Å². The second-order valence-electron chi connectivity index (χ2n) is 3.80. The molecule has 0 aliphatic heterocycles. The zero-order chi connectivity index (χ0) is 12.1. The molecule has 0 saturated heterocycles. The van der Waals surface area contributed by atoms with E-state index in [0.29, 0.717) is 6.42 Å². The highest BCUT2D eigenvalue weighted by Gasteiger charge is 2.16. The number of carbonyl (C=O) groups excluding carboxylic acids is 1. The van der Waals surface area contributed by atoms with Gasteiger partial charge in [-0.25, -0.2) is 0 Å². The number of benzene rings is 1. The van der Waals surface area contributed by atoms with E-state index in [-0.39, 0.29) is 18.0 Å². The van der Waals surface area contributed by atoms with Crippen molar-refractivity contribution < 1.29 is 4.79 Å². The highest BCUT2D eigenvalue weighted by atomic mass is 79.9. The second-order valence-corrected chi connectivity index (χ2v) is 4.72. The average molecular weight is 285 g/mol. The van der Waals surface area contributed by atoms with Crippen LogP contribution >= 0.6 is 15.9 Å². The first-order valence-corrected chi connectivity index (χ1v) is 6.14. The largest absolute Gasteiger partial charge is 0.368 e. The predicted octanol–water partition coefficient (Wildman–Crippen LogP) is 2.36. The Morgan fingerprint density at radius 1 is 1.44 bits per heavy atom. The van der Waals surface area contributed by atoms with E-state index in [0.717, 1.165) is 10.0 Å². The molecule has 88 valence electrons. The number of halogens is 1. The van der Waals surface area contributed by atoms with Crippen LogP contribution in [0.5, 0.6) is 0 Å². The maximum atomic E-state index is 11.1. The molecule has 1 rings (SSSR count). The molecule has 0 spiro atoms. The SMILES string of the molecule is CCC(N[C@H](C)c1ccc(Br)cc1)C(N)=O. The number of amides is 1. The molecule has 0 bridgehead atoms. The summed E-state index contributed by atoms with van der Waals surface area (Å²) in [5, 5.41) is 3.21. The van der Waals surface area contributed by atoms with Crippen LogP contribution in [0.1, 0.15) is 31.9 Å². The van der Waals surface area contributed by atoms with Crippen LogP contribution in [0.2, 0.25) is 0 Å². The van der Waals surface area contributed by atoms with Crippen molar-refractivity contribution in [3.05, 3.63) is 34.3 Å². The molecule has 3 nitrogen and oxygen atoms in total. The molecule has 0 radical (unpaired) electrons. The van der Waals surface area contributed by atoms with Gasteiger partial charge in [-0.3, -0.25) is 10.1 Å². The zero-order valence-electron chi connectivity index (χ0n) is 9.53. The van der Waals surface area contributed by atoms with Crippen LogP contribution < -0.4 is 11.1 Å². The van der Waals surface area contributed by atoms with E-state index in [1.165, 1.54) is 0 Å². The van der Waals surface area contributed by atoms with Gasteiger partial charge in [0.25, 0.3) is 0 Å². The fraction of sp³-hybridized carbons (Fsp3) is 0.417. The molecule has 0 heterocycles. The number of hydrogen-bond acceptors (Lipinski definition) is 2. The molecule has 0 aliphatic rings. The lowest BCUT2D eigenvalue weighted by Crippen LogP contribution is -2.41. The zero-order valence-corrected chi connectivity index (χ0v) is 11.1. The molecular weight excluding hydrogens is 268 g/mol. The lowest BCUT2D eigenvalue weighted by atomic mass is 10.1. The Morgan fingerprint density at radius 3 is 2.44 bits per heavy atom. The Hall–Kier alpha value is -0.870. The van der Waals surface area contributed by atoms with E-state index < -0.39 is 0 Å². The van der Waals surface area contributed by atoms with Crippen molar-refractivity contribution in [2.75, 3.05) is 0 Å². The molecule has 0 saturated carbocycles. The van der Waals surface area contributed by atoms with Crippen LogP contribution in [0.3, 0.4) is 0 Å². The first kappa shape index (κ1) is 13.2. The van der Waals surface area contributed by atoms with Crippen molar-refractivity contribution in [2.45, 2.75) is 32.4 Å². The van der Waals surface area contributed by atoms with Crippen molar-refractivity contribution in [3.8, 4) is 0 Å². The van der Waals surface area contributed by atoms with Gasteiger partial charge in [0, 0.05) is 10.5 Å². The van der Waals surface area contributed by atoms with Gasteiger partial charge in [0.15, 0.2) is 0 Å². The lowest BCUT2D eigenvalue weighted by molar-refractivity contribution is -0.120. The molecule has 1 unspecified atom stereocenters. The van der Waals surface area contributed by atoms with Crippen molar-refractivity contribution in [3.63, 3.8) is 0 Å². The summed E-state index contributed by atoms with van der Waals surface area (Å²) in [6.45, 7) is 3.96. The molecule has 4 heteroatoms. The van der Waals surface area contributed by atoms with Gasteiger partial charge in [0.05, 0.1) is 6.04 Å². The van der Waals surface area contributed by atoms with Crippen molar-refractivity contribution in [2.24, 2.45) is 5.73 Å². The van der Waals surface area contributed by atoms with Crippen LogP contribution in [-0.4, -0.2) is 11.9 Å². The van der Waals surface area contributed by atoms with Gasteiger partial charge in [-0.15, -0.1) is 0 Å². The normalized spacial score (nSPS) is 14.4. The maximum Gasteiger partial charge on any atom is 0.234 e. The Kier molecular flexibility index (Phi) is 4.96. The first-order valence-electron chi connectivity index (χ1n) is 5.35. The van der Waals surface area contributed by atoms with Gasteiger partial charge in [0.2, 0.25) is 5.91 Å². The van der Waals surface area contributed by atoms with Gasteiger partial charge < -0.3 is 5.73 Å². The minimum atomic E-state index is -0.300. The Balaban J connectivity index is 2.67. The number of hydrogen-bond donors (Lipinski definition) is 2. The summed E-state index contributed by atoms with van der Waals surface area (Å²) in [5.74, 6) is -0.300. The topological polar surface area (TPSA) is 55.1 Å². The number of rotatable bonds is 5. The summed E-state index contributed by atoms with van der Waals surface area (Å²) < 4.78 is 1.05. The highest BCUT2D eigenvalue weighted by Crippen LogP contribution is 2.17. The van der Waals surface area contributed by atoms with E-state index in [1.54, 1.807) is 0 Å². The van der Waals surface area contributed by atoms with Crippen molar-refractivity contribution >= 4 is 21.8 Å². The summed E-state index contributed by atoms with van der Waals surface area (Å²) >= 11 is 3.39. The first-order chi connectivity index (χ1) is 7.54. The van der Waals surface area contributed by atoms with E-state index in [9.17, 15) is 4.79 Å². The molecular formula is C12H17BrN2O. The highest BCUT2D eigenvalue weighted by molar-refractivity contribution is 9.10. The van der Waals surface area contributed by atoms with Gasteiger partial charge >= 0.3 is 0 Å². The molecule has 0 aromatic heterocycles. The quantitative estimate of drug-likeness (QED) is 0.872. The van der Waals surface area contributed by atoms with Crippen molar-refractivity contribution in [1.82, 2.24) is 5.32 Å². The molecule has 3 N–H and O–H groups in total. The fourth-order valence-electron chi connectivity index (χ4n) is 1.55. The third-order valence-electron chi connectivity index (χ3n) is 2.57. The lowest BCUT2D eigenvalue weighted by Gasteiger charge is -2.20. The van der Waals surface area contributed by atoms with E-state index in [1.807, 2.05) is 38.1 Å². The number of nitrogens with one attached hydrogen (secondary N) is 1. The summed E-state index contributed by atoms with van der Waals surface area (Å²) in [7, 11) is 0. The Morgan fingerprint density at radius 2 is 2.00 bits per heavy atom. The number of carbonyl (C=O) groups is 1. The van der Waals surface area contributed by atoms with Crippen molar-refractivity contribution in [1.29, 1.82) is 0 Å². The molecule has 1 amide bonds. The summed E-state index contributed by atoms with van der Waals surface area (Å²) in [4.78, 5) is 11.1. The van der Waals surface area contributed by atoms with Gasteiger partial charge in [0.1, 0.15) is 0 Å². The van der Waals surface area contributed by atoms with Gasteiger partial charge in [-0.1, -0.05) is 35.0 Å². The fourth-order valence-corrected chi connectivity index (χ4v) is 1.81. The van der Waals surface area contributed by atoms with E-state index in [2.05, 4.69) is 21.2 Å². The minimum Gasteiger partial charge on any atom is -0.368 e. The summed E-state index contributed by atoms with van der Waals surface area (Å²) in [6.07, 6.45) is 0.705. The molecule has 2 atom stereocenters. The van der Waals surface area contributed by atoms with Gasteiger partial charge in [-0.05, 0) is 31.0 Å². The number of nitrogens with two attached hydrogens (primary N) is 1. The monoisotopic (exact) mass is 284 g/mol. The minimum absolute atomic E-state index is 0.116. The predicted molar refractivity (Wildman–Crippen MR) is 69.0 cm³/mol. The standard InChI is InChI=1S/C12H17BrN2O/c1-3-11(12(14)16)15-8(2)9-4-6-10(13)7-5-9/h4-8,11,15H,3H2,1-2H3,(H2,14,16)/t8-,11?/m1/s1. The second kappa shape index (κ2) is 6.01. The smallest absolute Gasteiger partial charge is 0.234 e. The van der Waals surface area contributed by atoms with Gasteiger partial charge in [-0.2, -0.15) is 0 Å². The summed E-state index contributed by atoms with van der Waals surface area (Å²) in [6, 6.07) is 7.87. The Labute approximate surface area is 105 Å². The van der Waals surface area contributed by atoms with Crippen LogP contribution in [-0.2, 0) is 4.79 Å². The summed E-state index contributed by atoms with van der Waals surface area (Å²) in [5.41, 5.74) is 6.43. The molecule has 1 aromatic carbocycles. The Bertz CT molecular complexity index is 351. The third kappa shape index (κ3) is 3.61. The van der Waals surface area contributed by atoms with Crippen LogP contribution in [0.4, 0.5) is 0 Å². The third-order valence-corrected chi connectivity index (χ3v) is 3.10. The molecule has 0 fully saturated rings. The van der Waals surface area contributed by atoms with Crippen LogP contribution in [0.15, 0.2) is 28.7 Å². The van der Waals surface area contributed by atoms with Crippen LogP contribution in [0, 0.1) is 0 Å². The average Bonchev–Trinajstić information content (AvgIpc) is 2.26.